The number of halogens is 2. The third-order valence-electron chi connectivity index (χ3n) is 4.20. The van der Waals surface area contributed by atoms with Crippen molar-refractivity contribution in [3.05, 3.63) is 84.7 Å². The van der Waals surface area contributed by atoms with Crippen LogP contribution < -0.4 is 10.1 Å². The van der Waals surface area contributed by atoms with Crippen molar-refractivity contribution in [2.45, 2.75) is 26.4 Å². The number of nitrogens with zero attached hydrogens (tertiary/aromatic N) is 1. The molecule has 3 aromatic rings. The Kier molecular flexibility index (Phi) is 7.28. The van der Waals surface area contributed by atoms with E-state index in [1.807, 2.05) is 24.3 Å². The van der Waals surface area contributed by atoms with Crippen molar-refractivity contribution in [3.63, 3.8) is 0 Å². The Bertz CT molecular complexity index is 1040. The van der Waals surface area contributed by atoms with Crippen LogP contribution in [0.1, 0.15) is 35.2 Å². The smallest absolute Gasteiger partial charge is 0.291 e. The third kappa shape index (κ3) is 5.48. The molecule has 3 rings (SSSR count). The van der Waals surface area contributed by atoms with Gasteiger partial charge in [-0.05, 0) is 68.1 Å². The van der Waals surface area contributed by atoms with E-state index >= 15 is 0 Å². The minimum absolute atomic E-state index is 0.101. The number of aryl methyl sites for hydroxylation is 1. The highest BCUT2D eigenvalue weighted by Crippen LogP contribution is 2.35. The summed E-state index contributed by atoms with van der Waals surface area (Å²) in [6.07, 6.45) is 2.11. The molecule has 9 heteroatoms. The molecule has 0 spiro atoms. The number of benzene rings is 2. The summed E-state index contributed by atoms with van der Waals surface area (Å²) >= 11 is 6.48. The number of amides is 1. The predicted molar refractivity (Wildman–Crippen MR) is 120 cm³/mol. The zero-order valence-corrected chi connectivity index (χ0v) is 19.2. The van der Waals surface area contributed by atoms with Crippen LogP contribution in [0.25, 0.3) is 0 Å². The van der Waals surface area contributed by atoms with Crippen LogP contribution in [-0.4, -0.2) is 10.8 Å². The van der Waals surface area contributed by atoms with Crippen LogP contribution in [0.15, 0.2) is 61.9 Å². The lowest BCUT2D eigenvalue weighted by Gasteiger charge is -2.08. The number of rotatable bonds is 8. The number of carbonyl (C=O) groups excluding carboxylic acids is 1. The number of furan rings is 1. The highest BCUT2D eigenvalue weighted by molar-refractivity contribution is 9.11. The van der Waals surface area contributed by atoms with Gasteiger partial charge in [0, 0.05) is 21.1 Å². The normalized spacial score (nSPS) is 10.6. The molecule has 0 aliphatic carbocycles. The molecule has 1 amide bonds. The summed E-state index contributed by atoms with van der Waals surface area (Å²) in [4.78, 5) is 22.9. The molecule has 0 fully saturated rings. The van der Waals surface area contributed by atoms with Gasteiger partial charge in [0.05, 0.1) is 10.6 Å². The lowest BCUT2D eigenvalue weighted by molar-refractivity contribution is -0.385. The second-order valence-electron chi connectivity index (χ2n) is 6.44. The molecule has 1 N–H and O–H groups in total. The lowest BCUT2D eigenvalue weighted by atomic mass is 10.1. The average molecular weight is 538 g/mol. The zero-order valence-electron chi connectivity index (χ0n) is 16.0. The molecule has 0 aliphatic rings. The molecule has 0 unspecified atom stereocenters. The van der Waals surface area contributed by atoms with Crippen molar-refractivity contribution in [3.8, 4) is 5.75 Å². The molecule has 7 nitrogen and oxygen atoms in total. The second-order valence-corrected chi connectivity index (χ2v) is 8.15. The summed E-state index contributed by atoms with van der Waals surface area (Å²) in [5.74, 6) is 0.833. The van der Waals surface area contributed by atoms with E-state index in [1.165, 1.54) is 17.7 Å². The van der Waals surface area contributed by atoms with Crippen LogP contribution in [-0.2, 0) is 13.0 Å². The number of anilines is 1. The van der Waals surface area contributed by atoms with Gasteiger partial charge in [0.25, 0.3) is 11.6 Å². The molecule has 0 radical (unpaired) electrons. The van der Waals surface area contributed by atoms with Crippen LogP contribution in [0.3, 0.4) is 0 Å². The highest BCUT2D eigenvalue weighted by atomic mass is 79.9. The number of non-ortho nitro benzene ring substituents is 1. The predicted octanol–water partition coefficient (Wildman–Crippen LogP) is 6.50. The van der Waals surface area contributed by atoms with Crippen LogP contribution in [0.2, 0.25) is 0 Å². The van der Waals surface area contributed by atoms with Gasteiger partial charge in [-0.25, -0.2) is 0 Å². The zero-order chi connectivity index (χ0) is 21.7. The number of hydrogen-bond donors (Lipinski definition) is 1. The molecular formula is C21H18Br2N2O5. The number of nitro benzene ring substituents is 1. The van der Waals surface area contributed by atoms with Crippen LogP contribution in [0.4, 0.5) is 11.4 Å². The van der Waals surface area contributed by atoms with E-state index < -0.39 is 10.8 Å². The SMILES string of the molecule is CCCc1ccc(OCc2ccc(C(=O)Nc3c(Br)cc([N+](=O)[O-])cc3Br)o2)cc1. The molecule has 1 heterocycles. The van der Waals surface area contributed by atoms with Gasteiger partial charge >= 0.3 is 0 Å². The number of nitrogens with one attached hydrogen (secondary N) is 1. The molecule has 0 aliphatic heterocycles. The van der Waals surface area contributed by atoms with Crippen molar-refractivity contribution >= 4 is 49.1 Å². The van der Waals surface area contributed by atoms with Crippen molar-refractivity contribution in [1.82, 2.24) is 0 Å². The minimum Gasteiger partial charge on any atom is -0.486 e. The summed E-state index contributed by atoms with van der Waals surface area (Å²) < 4.78 is 12.0. The maximum atomic E-state index is 12.5. The first-order chi connectivity index (χ1) is 14.4. The Labute approximate surface area is 189 Å². The molecule has 2 aromatic carbocycles. The van der Waals surface area contributed by atoms with Gasteiger partial charge in [-0.15, -0.1) is 0 Å². The topological polar surface area (TPSA) is 94.6 Å². The minimum atomic E-state index is -0.517. The van der Waals surface area contributed by atoms with E-state index in [1.54, 1.807) is 12.1 Å². The molecular weight excluding hydrogens is 520 g/mol. The van der Waals surface area contributed by atoms with E-state index in [0.717, 1.165) is 18.6 Å². The monoisotopic (exact) mass is 536 g/mol. The van der Waals surface area contributed by atoms with E-state index in [4.69, 9.17) is 9.15 Å². The number of ether oxygens (including phenoxy) is 1. The fraction of sp³-hybridized carbons (Fsp3) is 0.190. The standard InChI is InChI=1S/C21H18Br2N2O5/c1-2-3-13-4-6-15(7-5-13)29-12-16-8-9-19(30-16)21(26)24-20-17(22)10-14(25(27)28)11-18(20)23/h4-11H,2-3,12H2,1H3,(H,24,26). The number of hydrogen-bond acceptors (Lipinski definition) is 5. The van der Waals surface area contributed by atoms with Crippen LogP contribution in [0.5, 0.6) is 5.75 Å². The van der Waals surface area contributed by atoms with E-state index in [0.29, 0.717) is 20.4 Å². The summed E-state index contributed by atoms with van der Waals surface area (Å²) in [6, 6.07) is 13.7. The second kappa shape index (κ2) is 9.90. The van der Waals surface area contributed by atoms with E-state index in [2.05, 4.69) is 44.1 Å². The van der Waals surface area contributed by atoms with Gasteiger partial charge in [0.15, 0.2) is 5.76 Å². The van der Waals surface area contributed by atoms with Crippen molar-refractivity contribution in [2.75, 3.05) is 5.32 Å². The van der Waals surface area contributed by atoms with Crippen LogP contribution >= 0.6 is 31.9 Å². The Morgan fingerprint density at radius 1 is 1.13 bits per heavy atom. The number of carbonyl (C=O) groups is 1. The van der Waals surface area contributed by atoms with Crippen molar-refractivity contribution < 1.29 is 18.9 Å². The summed E-state index contributed by atoms with van der Waals surface area (Å²) in [5.41, 5.74) is 1.52. The third-order valence-corrected chi connectivity index (χ3v) is 5.46. The van der Waals surface area contributed by atoms with Gasteiger partial charge < -0.3 is 14.5 Å². The van der Waals surface area contributed by atoms with Crippen molar-refractivity contribution in [1.29, 1.82) is 0 Å². The molecule has 0 bridgehead atoms. The summed E-state index contributed by atoms with van der Waals surface area (Å²) in [5, 5.41) is 13.6. The molecule has 0 atom stereocenters. The molecule has 1 aromatic heterocycles. The van der Waals surface area contributed by atoms with Crippen LogP contribution in [0, 0.1) is 10.1 Å². The van der Waals surface area contributed by atoms with E-state index in [-0.39, 0.29) is 18.1 Å². The fourth-order valence-electron chi connectivity index (χ4n) is 2.73. The highest BCUT2D eigenvalue weighted by Gasteiger charge is 2.18. The maximum absolute atomic E-state index is 12.5. The molecule has 0 saturated carbocycles. The molecule has 156 valence electrons. The van der Waals surface area contributed by atoms with Gasteiger partial charge in [0.1, 0.15) is 18.1 Å². The number of nitro groups is 1. The van der Waals surface area contributed by atoms with Gasteiger partial charge in [-0.1, -0.05) is 25.5 Å². The Hall–Kier alpha value is -2.65. The largest absolute Gasteiger partial charge is 0.486 e. The Morgan fingerprint density at radius 3 is 2.40 bits per heavy atom. The van der Waals surface area contributed by atoms with E-state index in [9.17, 15) is 14.9 Å². The first kappa shape index (κ1) is 22.0. The van der Waals surface area contributed by atoms with Gasteiger partial charge in [0.2, 0.25) is 0 Å². The quantitative estimate of drug-likeness (QED) is 0.261. The van der Waals surface area contributed by atoms with Crippen molar-refractivity contribution in [2.24, 2.45) is 0 Å². The Balaban J connectivity index is 1.63. The summed E-state index contributed by atoms with van der Waals surface area (Å²) in [6.45, 7) is 2.32. The van der Waals surface area contributed by atoms with Gasteiger partial charge in [-0.2, -0.15) is 0 Å². The molecule has 30 heavy (non-hydrogen) atoms. The Morgan fingerprint density at radius 2 is 1.80 bits per heavy atom. The average Bonchev–Trinajstić information content (AvgIpc) is 3.19. The summed E-state index contributed by atoms with van der Waals surface area (Å²) in [7, 11) is 0. The first-order valence-electron chi connectivity index (χ1n) is 9.12. The van der Waals surface area contributed by atoms with Gasteiger partial charge in [-0.3, -0.25) is 14.9 Å². The fourth-order valence-corrected chi connectivity index (χ4v) is 4.09. The maximum Gasteiger partial charge on any atom is 0.291 e. The first-order valence-corrected chi connectivity index (χ1v) is 10.7. The molecule has 0 saturated heterocycles. The lowest BCUT2D eigenvalue weighted by Crippen LogP contribution is -2.12.